The minimum Gasteiger partial charge on any atom is -0.481 e. The molecule has 1 aromatic carbocycles. The summed E-state index contributed by atoms with van der Waals surface area (Å²) >= 11 is 1.31. The Balaban J connectivity index is 2.34. The van der Waals surface area contributed by atoms with Gasteiger partial charge in [0.1, 0.15) is 5.82 Å². The Kier molecular flexibility index (Phi) is 3.10. The fourth-order valence-electron chi connectivity index (χ4n) is 1.50. The summed E-state index contributed by atoms with van der Waals surface area (Å²) in [7, 11) is 0. The number of carboxylic acid groups (broad SMARTS) is 1. The molecule has 0 atom stereocenters. The second-order valence-electron chi connectivity index (χ2n) is 3.58. The number of carboxylic acids is 1. The summed E-state index contributed by atoms with van der Waals surface area (Å²) in [4.78, 5) is 11.5. The molecule has 17 heavy (non-hydrogen) atoms. The fraction of sp³-hybridized carbons (Fsp3) is 0.0833. The Morgan fingerprint density at radius 1 is 1.35 bits per heavy atom. The molecule has 5 heteroatoms. The third-order valence-corrected chi connectivity index (χ3v) is 3.37. The molecule has 0 unspecified atom stereocenters. The quantitative estimate of drug-likeness (QED) is 0.881. The van der Waals surface area contributed by atoms with Gasteiger partial charge in [0, 0.05) is 4.88 Å². The minimum atomic E-state index is -0.917. The average Bonchev–Trinajstić information content (AvgIpc) is 2.60. The van der Waals surface area contributed by atoms with E-state index in [0.29, 0.717) is 10.6 Å². The van der Waals surface area contributed by atoms with Crippen molar-refractivity contribution in [2.75, 3.05) is 5.73 Å². The van der Waals surface area contributed by atoms with Gasteiger partial charge in [-0.15, -0.1) is 11.3 Å². The number of benzene rings is 1. The number of anilines is 1. The van der Waals surface area contributed by atoms with Crippen molar-refractivity contribution < 1.29 is 14.3 Å². The number of rotatable bonds is 3. The third-order valence-electron chi connectivity index (χ3n) is 2.31. The molecule has 0 amide bonds. The van der Waals surface area contributed by atoms with Crippen molar-refractivity contribution in [2.45, 2.75) is 6.42 Å². The number of carbonyl (C=O) groups is 1. The predicted molar refractivity (Wildman–Crippen MR) is 65.5 cm³/mol. The number of nitrogen functional groups attached to an aromatic ring is 1. The van der Waals surface area contributed by atoms with Crippen LogP contribution in [0.3, 0.4) is 0 Å². The Bertz CT molecular complexity index is 548. The molecular formula is C12H10FNO2S. The van der Waals surface area contributed by atoms with Crippen LogP contribution in [0.2, 0.25) is 0 Å². The van der Waals surface area contributed by atoms with Crippen molar-refractivity contribution in [3.63, 3.8) is 0 Å². The van der Waals surface area contributed by atoms with E-state index in [4.69, 9.17) is 10.8 Å². The van der Waals surface area contributed by atoms with Crippen LogP contribution in [0.25, 0.3) is 10.4 Å². The third kappa shape index (κ3) is 2.62. The summed E-state index contributed by atoms with van der Waals surface area (Å²) < 4.78 is 12.8. The number of hydrogen-bond acceptors (Lipinski definition) is 3. The van der Waals surface area contributed by atoms with Gasteiger partial charge >= 0.3 is 5.97 Å². The lowest BCUT2D eigenvalue weighted by molar-refractivity contribution is -0.136. The van der Waals surface area contributed by atoms with Crippen molar-refractivity contribution >= 4 is 22.3 Å². The molecule has 2 rings (SSSR count). The van der Waals surface area contributed by atoms with Gasteiger partial charge in [0.25, 0.3) is 0 Å². The Morgan fingerprint density at radius 3 is 2.59 bits per heavy atom. The molecule has 1 heterocycles. The molecule has 0 saturated carbocycles. The van der Waals surface area contributed by atoms with Crippen LogP contribution in [0.1, 0.15) is 5.56 Å². The molecule has 1 aromatic heterocycles. The van der Waals surface area contributed by atoms with E-state index in [1.807, 2.05) is 0 Å². The van der Waals surface area contributed by atoms with Crippen molar-refractivity contribution in [1.29, 1.82) is 0 Å². The lowest BCUT2D eigenvalue weighted by Gasteiger charge is -1.95. The molecule has 0 spiro atoms. The van der Waals surface area contributed by atoms with Crippen molar-refractivity contribution in [3.8, 4) is 10.4 Å². The van der Waals surface area contributed by atoms with E-state index in [2.05, 4.69) is 0 Å². The van der Waals surface area contributed by atoms with Crippen LogP contribution in [-0.2, 0) is 11.2 Å². The van der Waals surface area contributed by atoms with Crippen LogP contribution in [0, 0.1) is 5.82 Å². The number of aliphatic carboxylic acids is 1. The van der Waals surface area contributed by atoms with E-state index in [-0.39, 0.29) is 12.2 Å². The molecule has 0 aliphatic rings. The predicted octanol–water partition coefficient (Wildman–Crippen LogP) is 2.76. The molecule has 0 bridgehead atoms. The monoisotopic (exact) mass is 251 g/mol. The van der Waals surface area contributed by atoms with Crippen LogP contribution in [0.4, 0.5) is 9.39 Å². The van der Waals surface area contributed by atoms with Crippen LogP contribution < -0.4 is 5.73 Å². The van der Waals surface area contributed by atoms with Gasteiger partial charge in [-0.3, -0.25) is 4.79 Å². The highest BCUT2D eigenvalue weighted by molar-refractivity contribution is 7.19. The van der Waals surface area contributed by atoms with E-state index in [0.717, 1.165) is 10.4 Å². The van der Waals surface area contributed by atoms with E-state index < -0.39 is 5.97 Å². The zero-order valence-corrected chi connectivity index (χ0v) is 9.63. The summed E-state index contributed by atoms with van der Waals surface area (Å²) in [6.07, 6.45) is -0.0937. The Hall–Kier alpha value is -1.88. The molecule has 88 valence electrons. The van der Waals surface area contributed by atoms with E-state index >= 15 is 0 Å². The summed E-state index contributed by atoms with van der Waals surface area (Å²) in [6.45, 7) is 0. The van der Waals surface area contributed by atoms with E-state index in [9.17, 15) is 9.18 Å². The summed E-state index contributed by atoms with van der Waals surface area (Å²) in [5, 5.41) is 9.20. The highest BCUT2D eigenvalue weighted by Crippen LogP contribution is 2.33. The first kappa shape index (κ1) is 11.6. The van der Waals surface area contributed by atoms with Crippen LogP contribution in [0.5, 0.6) is 0 Å². The molecule has 2 aromatic rings. The molecule has 0 aliphatic heterocycles. The first-order valence-corrected chi connectivity index (χ1v) is 5.74. The highest BCUT2D eigenvalue weighted by atomic mass is 32.1. The Labute approximate surface area is 101 Å². The molecule has 3 nitrogen and oxygen atoms in total. The molecule has 0 aliphatic carbocycles. The van der Waals surface area contributed by atoms with Crippen LogP contribution in [0.15, 0.2) is 30.3 Å². The SMILES string of the molecule is Nc1sc(-c2ccc(F)cc2)cc1CC(=O)O. The normalized spacial score (nSPS) is 10.4. The van der Waals surface area contributed by atoms with Crippen molar-refractivity contribution in [3.05, 3.63) is 41.7 Å². The van der Waals surface area contributed by atoms with E-state index in [1.54, 1.807) is 18.2 Å². The maximum Gasteiger partial charge on any atom is 0.307 e. The minimum absolute atomic E-state index is 0.0937. The van der Waals surface area contributed by atoms with Gasteiger partial charge in [-0.2, -0.15) is 0 Å². The van der Waals surface area contributed by atoms with Crippen molar-refractivity contribution in [1.82, 2.24) is 0 Å². The zero-order chi connectivity index (χ0) is 12.4. The molecule has 3 N–H and O–H groups in total. The molecular weight excluding hydrogens is 241 g/mol. The average molecular weight is 251 g/mol. The fourth-order valence-corrected chi connectivity index (χ4v) is 2.45. The molecule has 0 fully saturated rings. The lowest BCUT2D eigenvalue weighted by Crippen LogP contribution is -2.00. The van der Waals surface area contributed by atoms with Gasteiger partial charge in [0.05, 0.1) is 11.4 Å². The topological polar surface area (TPSA) is 63.3 Å². The number of hydrogen-bond donors (Lipinski definition) is 2. The standard InChI is InChI=1S/C12H10FNO2S/c13-9-3-1-7(2-4-9)10-5-8(6-11(15)16)12(14)17-10/h1-5H,6,14H2,(H,15,16). The number of thiophene rings is 1. The maximum absolute atomic E-state index is 12.8. The van der Waals surface area contributed by atoms with Gasteiger partial charge < -0.3 is 10.8 Å². The van der Waals surface area contributed by atoms with Crippen LogP contribution in [-0.4, -0.2) is 11.1 Å². The zero-order valence-electron chi connectivity index (χ0n) is 8.81. The smallest absolute Gasteiger partial charge is 0.307 e. The summed E-state index contributed by atoms with van der Waals surface area (Å²) in [5.74, 6) is -1.22. The Morgan fingerprint density at radius 2 is 2.00 bits per heavy atom. The lowest BCUT2D eigenvalue weighted by atomic mass is 10.1. The second kappa shape index (κ2) is 4.55. The van der Waals surface area contributed by atoms with Gasteiger partial charge in [-0.05, 0) is 29.3 Å². The number of halogens is 1. The second-order valence-corrected chi connectivity index (χ2v) is 4.66. The first-order chi connectivity index (χ1) is 8.06. The van der Waals surface area contributed by atoms with Gasteiger partial charge in [-0.1, -0.05) is 12.1 Å². The maximum atomic E-state index is 12.8. The largest absolute Gasteiger partial charge is 0.481 e. The summed E-state index contributed by atoms with van der Waals surface area (Å²) in [5.41, 5.74) is 7.17. The van der Waals surface area contributed by atoms with Crippen molar-refractivity contribution in [2.24, 2.45) is 0 Å². The van der Waals surface area contributed by atoms with Gasteiger partial charge in [-0.25, -0.2) is 4.39 Å². The molecule has 0 saturated heterocycles. The summed E-state index contributed by atoms with van der Waals surface area (Å²) in [6, 6.07) is 7.75. The highest BCUT2D eigenvalue weighted by Gasteiger charge is 2.10. The van der Waals surface area contributed by atoms with E-state index in [1.165, 1.54) is 23.5 Å². The molecule has 0 radical (unpaired) electrons. The number of nitrogens with two attached hydrogens (primary N) is 1. The van der Waals surface area contributed by atoms with Gasteiger partial charge in [0.15, 0.2) is 0 Å². The first-order valence-electron chi connectivity index (χ1n) is 4.92. The van der Waals surface area contributed by atoms with Gasteiger partial charge in [0.2, 0.25) is 0 Å². The van der Waals surface area contributed by atoms with Crippen LogP contribution >= 0.6 is 11.3 Å².